The molecule has 0 radical (unpaired) electrons. The molecule has 0 amide bonds. The fourth-order valence-electron chi connectivity index (χ4n) is 3.51. The number of benzene rings is 1. The zero-order valence-corrected chi connectivity index (χ0v) is 11.8. The first kappa shape index (κ1) is 12.6. The topological polar surface area (TPSA) is 60.2 Å². The summed E-state index contributed by atoms with van der Waals surface area (Å²) < 4.78 is 0. The van der Waals surface area contributed by atoms with Crippen molar-refractivity contribution < 1.29 is 5.11 Å². The van der Waals surface area contributed by atoms with Crippen LogP contribution < -0.4 is 4.90 Å². The average Bonchev–Trinajstić information content (AvgIpc) is 3.30. The van der Waals surface area contributed by atoms with Crippen LogP contribution in [0.5, 0.6) is 0 Å². The van der Waals surface area contributed by atoms with E-state index in [1.54, 1.807) is 6.20 Å². The van der Waals surface area contributed by atoms with Crippen molar-refractivity contribution in [3.8, 4) is 6.07 Å². The molecule has 1 N–H and O–H groups in total. The van der Waals surface area contributed by atoms with Gasteiger partial charge in [0.05, 0.1) is 22.4 Å². The number of nitrogens with zero attached hydrogens (tertiary/aromatic N) is 3. The van der Waals surface area contributed by atoms with Crippen LogP contribution in [0.1, 0.15) is 24.8 Å². The lowest BCUT2D eigenvalue weighted by Gasteiger charge is -2.25. The number of pyridine rings is 1. The molecule has 1 unspecified atom stereocenters. The Hall–Kier alpha value is -2.12. The average molecular weight is 279 g/mol. The van der Waals surface area contributed by atoms with Crippen molar-refractivity contribution >= 4 is 16.6 Å². The Morgan fingerprint density at radius 3 is 2.90 bits per heavy atom. The van der Waals surface area contributed by atoms with Crippen LogP contribution in [-0.4, -0.2) is 28.8 Å². The van der Waals surface area contributed by atoms with Gasteiger partial charge in [-0.2, -0.15) is 5.26 Å². The second kappa shape index (κ2) is 4.44. The predicted octanol–water partition coefficient (Wildman–Crippen LogP) is 2.46. The largest absolute Gasteiger partial charge is 0.388 e. The number of anilines is 1. The van der Waals surface area contributed by atoms with Gasteiger partial charge in [-0.3, -0.25) is 4.98 Å². The lowest BCUT2D eigenvalue weighted by atomic mass is 9.97. The van der Waals surface area contributed by atoms with Crippen molar-refractivity contribution in [2.24, 2.45) is 5.92 Å². The SMILES string of the molecule is N#Cc1cnc2ccccc2c1N1CCC(O)(C2CC2)C1. The third-order valence-electron chi connectivity index (χ3n) is 4.80. The maximum atomic E-state index is 10.8. The first-order chi connectivity index (χ1) is 10.2. The predicted molar refractivity (Wildman–Crippen MR) is 81.0 cm³/mol. The van der Waals surface area contributed by atoms with Gasteiger partial charge in [0.15, 0.2) is 0 Å². The molecule has 1 aliphatic carbocycles. The first-order valence-electron chi connectivity index (χ1n) is 7.46. The summed E-state index contributed by atoms with van der Waals surface area (Å²) in [7, 11) is 0. The quantitative estimate of drug-likeness (QED) is 0.917. The molecule has 1 saturated carbocycles. The molecule has 1 aromatic carbocycles. The van der Waals surface area contributed by atoms with Crippen LogP contribution >= 0.6 is 0 Å². The maximum Gasteiger partial charge on any atom is 0.103 e. The minimum absolute atomic E-state index is 0.445. The minimum atomic E-state index is -0.572. The number of aromatic nitrogens is 1. The normalized spacial score (nSPS) is 25.2. The highest BCUT2D eigenvalue weighted by atomic mass is 16.3. The maximum absolute atomic E-state index is 10.8. The zero-order chi connectivity index (χ0) is 14.4. The standard InChI is InChI=1S/C17H17N3O/c18-9-12-10-19-15-4-2-1-3-14(15)16(12)20-8-7-17(21,11-20)13-5-6-13/h1-4,10,13,21H,5-8,11H2. The molecule has 1 atom stereocenters. The Morgan fingerprint density at radius 1 is 1.33 bits per heavy atom. The third kappa shape index (κ3) is 1.97. The number of hydrogen-bond acceptors (Lipinski definition) is 4. The molecule has 21 heavy (non-hydrogen) atoms. The summed E-state index contributed by atoms with van der Waals surface area (Å²) in [5.41, 5.74) is 1.85. The van der Waals surface area contributed by atoms with Crippen LogP contribution in [0.25, 0.3) is 10.9 Å². The highest BCUT2D eigenvalue weighted by Gasteiger charge is 2.48. The number of rotatable bonds is 2. The molecule has 1 aromatic heterocycles. The Labute approximate surface area is 123 Å². The molecule has 1 saturated heterocycles. The number of aliphatic hydroxyl groups is 1. The van der Waals surface area contributed by atoms with Gasteiger partial charge >= 0.3 is 0 Å². The molecule has 4 heteroatoms. The fourth-order valence-corrected chi connectivity index (χ4v) is 3.51. The van der Waals surface area contributed by atoms with Crippen LogP contribution in [0.2, 0.25) is 0 Å². The highest BCUT2D eigenvalue weighted by molar-refractivity contribution is 5.94. The van der Waals surface area contributed by atoms with Crippen molar-refractivity contribution in [3.05, 3.63) is 36.0 Å². The van der Waals surface area contributed by atoms with E-state index in [0.29, 0.717) is 18.0 Å². The van der Waals surface area contributed by atoms with E-state index in [4.69, 9.17) is 0 Å². The van der Waals surface area contributed by atoms with Crippen molar-refractivity contribution in [3.63, 3.8) is 0 Å². The number of para-hydroxylation sites is 1. The van der Waals surface area contributed by atoms with Gasteiger partial charge in [-0.05, 0) is 31.2 Å². The van der Waals surface area contributed by atoms with Crippen LogP contribution in [0, 0.1) is 17.2 Å². The van der Waals surface area contributed by atoms with E-state index >= 15 is 0 Å². The van der Waals surface area contributed by atoms with Crippen LogP contribution in [0.3, 0.4) is 0 Å². The van der Waals surface area contributed by atoms with E-state index in [-0.39, 0.29) is 0 Å². The Bertz CT molecular complexity index is 747. The third-order valence-corrected chi connectivity index (χ3v) is 4.80. The Balaban J connectivity index is 1.81. The number of β-amino-alcohol motifs (C(OH)–C–C–N with tert-alkyl or cyclic N) is 1. The van der Waals surface area contributed by atoms with Gasteiger partial charge in [0.2, 0.25) is 0 Å². The van der Waals surface area contributed by atoms with Crippen LogP contribution in [-0.2, 0) is 0 Å². The second-order valence-electron chi connectivity index (χ2n) is 6.20. The van der Waals surface area contributed by atoms with Gasteiger partial charge in [-0.1, -0.05) is 18.2 Å². The fraction of sp³-hybridized carbons (Fsp3) is 0.412. The van der Waals surface area contributed by atoms with E-state index in [9.17, 15) is 10.4 Å². The molecule has 1 aliphatic heterocycles. The van der Waals surface area contributed by atoms with E-state index in [1.807, 2.05) is 24.3 Å². The van der Waals surface area contributed by atoms with Gasteiger partial charge in [0.25, 0.3) is 0 Å². The van der Waals surface area contributed by atoms with Crippen molar-refractivity contribution in [1.29, 1.82) is 5.26 Å². The summed E-state index contributed by atoms with van der Waals surface area (Å²) in [5, 5.41) is 21.2. The second-order valence-corrected chi connectivity index (χ2v) is 6.20. The molecule has 0 spiro atoms. The summed E-state index contributed by atoms with van der Waals surface area (Å²) in [5.74, 6) is 0.445. The summed E-state index contributed by atoms with van der Waals surface area (Å²) in [6.07, 6.45) is 4.70. The Kier molecular flexibility index (Phi) is 2.66. The summed E-state index contributed by atoms with van der Waals surface area (Å²) in [4.78, 5) is 6.52. The highest BCUT2D eigenvalue weighted by Crippen LogP contribution is 2.46. The lowest BCUT2D eigenvalue weighted by molar-refractivity contribution is 0.0401. The van der Waals surface area contributed by atoms with Gasteiger partial charge in [-0.15, -0.1) is 0 Å². The van der Waals surface area contributed by atoms with Crippen LogP contribution in [0.4, 0.5) is 5.69 Å². The molecule has 2 aliphatic rings. The van der Waals surface area contributed by atoms with Gasteiger partial charge in [0, 0.05) is 24.7 Å². The van der Waals surface area contributed by atoms with E-state index in [2.05, 4.69) is 16.0 Å². The summed E-state index contributed by atoms with van der Waals surface area (Å²) in [6, 6.07) is 10.1. The van der Waals surface area contributed by atoms with Crippen molar-refractivity contribution in [1.82, 2.24) is 4.98 Å². The van der Waals surface area contributed by atoms with Gasteiger partial charge in [-0.25, -0.2) is 0 Å². The van der Waals surface area contributed by atoms with Crippen LogP contribution in [0.15, 0.2) is 30.5 Å². The molecular formula is C17H17N3O. The first-order valence-corrected chi connectivity index (χ1v) is 7.46. The summed E-state index contributed by atoms with van der Waals surface area (Å²) in [6.45, 7) is 1.43. The monoisotopic (exact) mass is 279 g/mol. The molecule has 4 rings (SSSR count). The summed E-state index contributed by atoms with van der Waals surface area (Å²) >= 11 is 0. The molecule has 2 heterocycles. The number of nitriles is 1. The van der Waals surface area contributed by atoms with E-state index in [0.717, 1.165) is 42.4 Å². The lowest BCUT2D eigenvalue weighted by Crippen LogP contribution is -2.35. The molecule has 4 nitrogen and oxygen atoms in total. The number of fused-ring (bicyclic) bond motifs is 1. The smallest absolute Gasteiger partial charge is 0.103 e. The molecular weight excluding hydrogens is 262 g/mol. The molecule has 106 valence electrons. The number of hydrogen-bond donors (Lipinski definition) is 1. The van der Waals surface area contributed by atoms with Crippen molar-refractivity contribution in [2.75, 3.05) is 18.0 Å². The Morgan fingerprint density at radius 2 is 2.14 bits per heavy atom. The van der Waals surface area contributed by atoms with E-state index < -0.39 is 5.60 Å². The van der Waals surface area contributed by atoms with Crippen molar-refractivity contribution in [2.45, 2.75) is 24.9 Å². The van der Waals surface area contributed by atoms with E-state index in [1.165, 1.54) is 0 Å². The minimum Gasteiger partial charge on any atom is -0.388 e. The van der Waals surface area contributed by atoms with Gasteiger partial charge < -0.3 is 10.0 Å². The zero-order valence-electron chi connectivity index (χ0n) is 11.8. The molecule has 2 aromatic rings. The molecule has 2 fully saturated rings. The van der Waals surface area contributed by atoms with Gasteiger partial charge in [0.1, 0.15) is 6.07 Å². The molecule has 0 bridgehead atoms.